The van der Waals surface area contributed by atoms with E-state index in [2.05, 4.69) is 19.5 Å². The summed E-state index contributed by atoms with van der Waals surface area (Å²) < 4.78 is 60.0. The van der Waals surface area contributed by atoms with Crippen molar-refractivity contribution in [2.45, 2.75) is 35.7 Å². The maximum Gasteiger partial charge on any atom is 0.414 e. The molecule has 0 bridgehead atoms. The molecule has 2 atom stereocenters. The maximum atomic E-state index is 12.5. The number of aromatic hydroxyl groups is 1. The minimum Gasteiger partial charge on any atom is -0.508 e. The average Bonchev–Trinajstić information content (AvgIpc) is 3.07. The lowest BCUT2D eigenvalue weighted by atomic mass is 10.3. The lowest BCUT2D eigenvalue weighted by Crippen LogP contribution is -2.28. The number of ether oxygens (including phenoxy) is 1. The molecule has 0 radical (unpaired) electrons. The number of imidazole rings is 1. The number of benzene rings is 1. The minimum atomic E-state index is -4.76. The molecule has 0 fully saturated rings. The Morgan fingerprint density at radius 2 is 2.09 bits per heavy atom. The number of rotatable bonds is 9. The molecule has 2 heterocycles. The zero-order valence-corrected chi connectivity index (χ0v) is 18.3. The molecule has 32 heavy (non-hydrogen) atoms. The third-order valence-electron chi connectivity index (χ3n) is 4.00. The topological polar surface area (TPSA) is 146 Å². The van der Waals surface area contributed by atoms with Crippen LogP contribution in [0.15, 0.2) is 40.5 Å². The van der Waals surface area contributed by atoms with Crippen LogP contribution in [0.4, 0.5) is 19.1 Å². The molecule has 4 N–H and O–H groups in total. The number of nitrogens with two attached hydrogens (primary N) is 1. The van der Waals surface area contributed by atoms with Crippen LogP contribution in [0.25, 0.3) is 11.2 Å². The zero-order valence-electron chi connectivity index (χ0n) is 16.6. The van der Waals surface area contributed by atoms with Crippen molar-refractivity contribution in [3.8, 4) is 5.75 Å². The van der Waals surface area contributed by atoms with Gasteiger partial charge in [0.15, 0.2) is 11.8 Å². The third-order valence-corrected chi connectivity index (χ3v) is 6.12. The van der Waals surface area contributed by atoms with Gasteiger partial charge in [0, 0.05) is 11.4 Å². The van der Waals surface area contributed by atoms with Gasteiger partial charge in [-0.3, -0.25) is 9.09 Å². The second kappa shape index (κ2) is 9.63. The molecule has 3 rings (SSSR count). The number of nitrogen functional groups attached to an aromatic ring is 1. The highest BCUT2D eigenvalue weighted by Gasteiger charge is 2.41. The molecule has 174 valence electrons. The highest BCUT2D eigenvalue weighted by molar-refractivity contribution is 7.99. The highest BCUT2D eigenvalue weighted by Crippen LogP contribution is 2.45. The van der Waals surface area contributed by atoms with Gasteiger partial charge in [0.05, 0.1) is 12.9 Å². The van der Waals surface area contributed by atoms with E-state index in [0.29, 0.717) is 28.0 Å². The second-order valence-electron chi connectivity index (χ2n) is 6.56. The first-order valence-electron chi connectivity index (χ1n) is 9.04. The van der Waals surface area contributed by atoms with Crippen LogP contribution in [0.5, 0.6) is 5.75 Å². The van der Waals surface area contributed by atoms with Crippen LogP contribution < -0.4 is 5.73 Å². The first kappa shape index (κ1) is 24.3. The van der Waals surface area contributed by atoms with Gasteiger partial charge in [0.25, 0.3) is 0 Å². The quantitative estimate of drug-likeness (QED) is 0.230. The summed E-state index contributed by atoms with van der Waals surface area (Å²) in [4.78, 5) is 22.8. The molecule has 15 heteroatoms. The van der Waals surface area contributed by atoms with Crippen molar-refractivity contribution >= 4 is 36.5 Å². The van der Waals surface area contributed by atoms with E-state index in [0.717, 1.165) is 0 Å². The fourth-order valence-corrected chi connectivity index (χ4v) is 4.47. The number of hydrogen-bond donors (Lipinski definition) is 3. The van der Waals surface area contributed by atoms with Gasteiger partial charge >= 0.3 is 13.8 Å². The largest absolute Gasteiger partial charge is 0.508 e. The Hall–Kier alpha value is -2.38. The molecule has 0 saturated heterocycles. The number of anilines is 1. The molecule has 3 aromatic rings. The van der Waals surface area contributed by atoms with Crippen molar-refractivity contribution in [1.29, 1.82) is 0 Å². The fourth-order valence-electron chi connectivity index (χ4n) is 2.51. The highest BCUT2D eigenvalue weighted by atomic mass is 32.2. The molecule has 2 aromatic heterocycles. The summed E-state index contributed by atoms with van der Waals surface area (Å²) in [7, 11) is -4.59. The van der Waals surface area contributed by atoms with Crippen LogP contribution in [0.3, 0.4) is 0 Å². The predicted molar refractivity (Wildman–Crippen MR) is 109 cm³/mol. The first-order chi connectivity index (χ1) is 14.9. The molecule has 0 aliphatic carbocycles. The lowest BCUT2D eigenvalue weighted by Gasteiger charge is -2.20. The molecular weight excluding hydrogens is 474 g/mol. The predicted octanol–water partition coefficient (Wildman–Crippen LogP) is 3.39. The number of fused-ring (bicyclic) bond motifs is 1. The Labute approximate surface area is 184 Å². The van der Waals surface area contributed by atoms with Gasteiger partial charge in [0.1, 0.15) is 22.6 Å². The van der Waals surface area contributed by atoms with Gasteiger partial charge in [-0.2, -0.15) is 18.2 Å². The van der Waals surface area contributed by atoms with Gasteiger partial charge in [0.2, 0.25) is 5.95 Å². The van der Waals surface area contributed by atoms with Crippen LogP contribution in [-0.4, -0.2) is 54.8 Å². The number of halogens is 3. The van der Waals surface area contributed by atoms with Gasteiger partial charge < -0.3 is 25.0 Å². The van der Waals surface area contributed by atoms with E-state index in [-0.39, 0.29) is 24.8 Å². The number of hydrogen-bond acceptors (Lipinski definition) is 9. The van der Waals surface area contributed by atoms with Gasteiger partial charge in [-0.15, -0.1) is 0 Å². The summed E-state index contributed by atoms with van der Waals surface area (Å²) in [5.74, 6) is 0.0722. The summed E-state index contributed by atoms with van der Waals surface area (Å²) in [5.41, 5.74) is 6.60. The van der Waals surface area contributed by atoms with E-state index in [1.165, 1.54) is 24.2 Å². The smallest absolute Gasteiger partial charge is 0.414 e. The van der Waals surface area contributed by atoms with Crippen LogP contribution in [0.2, 0.25) is 0 Å². The number of aromatic nitrogens is 4. The molecule has 2 unspecified atom stereocenters. The Morgan fingerprint density at radius 1 is 1.34 bits per heavy atom. The summed E-state index contributed by atoms with van der Waals surface area (Å²) in [6.07, 6.45) is -6.63. The van der Waals surface area contributed by atoms with Crippen molar-refractivity contribution in [2.24, 2.45) is 0 Å². The normalized spacial score (nSPS) is 15.0. The van der Waals surface area contributed by atoms with Crippen LogP contribution in [0, 0.1) is 0 Å². The number of phenolic OH excluding ortho intramolecular Hbond substituents is 1. The van der Waals surface area contributed by atoms with Crippen molar-refractivity contribution < 1.29 is 37.0 Å². The van der Waals surface area contributed by atoms with E-state index in [1.54, 1.807) is 22.8 Å². The maximum absolute atomic E-state index is 12.5. The Morgan fingerprint density at radius 3 is 2.78 bits per heavy atom. The Balaban J connectivity index is 1.65. The van der Waals surface area contributed by atoms with Gasteiger partial charge in [-0.25, -0.2) is 9.97 Å². The van der Waals surface area contributed by atoms with Crippen molar-refractivity contribution in [3.63, 3.8) is 0 Å². The number of alkyl halides is 3. The molecule has 0 aliphatic heterocycles. The van der Waals surface area contributed by atoms with Crippen LogP contribution >= 0.6 is 19.4 Å². The molecule has 0 amide bonds. The van der Waals surface area contributed by atoms with Crippen LogP contribution in [0.1, 0.15) is 6.92 Å². The standard InChI is InChI=1S/C17H19F3N5O5PS/c1-10(17(18,19)20)30-31(27,28)9-29-6-5-25-8-22-13-14(25)23-16(21)24-15(13)32-12-4-2-3-11(26)7-12/h2-4,7-8,10,26H,5-6,9H2,1H3,(H,27,28)(H2,21,23,24). The van der Waals surface area contributed by atoms with E-state index >= 15 is 0 Å². The van der Waals surface area contributed by atoms with Crippen molar-refractivity contribution in [3.05, 3.63) is 30.6 Å². The number of phenols is 1. The minimum absolute atomic E-state index is 0.0165. The van der Waals surface area contributed by atoms with Crippen molar-refractivity contribution in [1.82, 2.24) is 19.5 Å². The summed E-state index contributed by atoms with van der Waals surface area (Å²) in [5, 5.41) is 10.1. The molecule has 1 aromatic carbocycles. The Bertz CT molecular complexity index is 1150. The average molecular weight is 493 g/mol. The van der Waals surface area contributed by atoms with Crippen LogP contribution in [-0.2, 0) is 20.4 Å². The van der Waals surface area contributed by atoms with Gasteiger partial charge in [-0.05, 0) is 25.1 Å². The van der Waals surface area contributed by atoms with E-state index in [9.17, 15) is 27.7 Å². The molecule has 0 spiro atoms. The van der Waals surface area contributed by atoms with Crippen molar-refractivity contribution in [2.75, 3.05) is 18.7 Å². The molecule has 10 nitrogen and oxygen atoms in total. The number of nitrogens with zero attached hydrogens (tertiary/aromatic N) is 4. The first-order valence-corrected chi connectivity index (χ1v) is 11.6. The van der Waals surface area contributed by atoms with E-state index in [4.69, 9.17) is 10.5 Å². The molecule has 0 aliphatic rings. The SMILES string of the molecule is CC(OP(=O)(O)COCCn1cnc2c(Sc3cccc(O)c3)nc(N)nc21)C(F)(F)F. The summed E-state index contributed by atoms with van der Waals surface area (Å²) >= 11 is 1.22. The lowest BCUT2D eigenvalue weighted by molar-refractivity contribution is -0.191. The molecular formula is C17H19F3N5O5PS. The summed E-state index contributed by atoms with van der Waals surface area (Å²) in [6.45, 7) is 0.633. The van der Waals surface area contributed by atoms with Gasteiger partial charge in [-0.1, -0.05) is 17.8 Å². The Kier molecular flexibility index (Phi) is 7.30. The third kappa shape index (κ3) is 6.33. The van der Waals surface area contributed by atoms with E-state index < -0.39 is 26.2 Å². The summed E-state index contributed by atoms with van der Waals surface area (Å²) in [6, 6.07) is 6.53. The monoisotopic (exact) mass is 493 g/mol. The fraction of sp³-hybridized carbons (Fsp3) is 0.353. The second-order valence-corrected chi connectivity index (χ2v) is 9.37. The molecule has 0 saturated carbocycles. The van der Waals surface area contributed by atoms with E-state index in [1.807, 2.05) is 0 Å². The zero-order chi connectivity index (χ0) is 23.5.